The summed E-state index contributed by atoms with van der Waals surface area (Å²) in [6, 6.07) is -0.142. The molecule has 1 aliphatic rings. The standard InChI is InChI=1S/C14H27N3OS/c1-3-5-10-16-13(18)17-14(12(15)19)8-6-11(4-2)7-9-14/h11H,3-10H2,1-2H3,(H2,15,19)(H2,16,17,18). The molecule has 5 heteroatoms. The molecule has 1 aliphatic carbocycles. The van der Waals surface area contributed by atoms with E-state index in [1.165, 1.54) is 6.42 Å². The molecule has 4 nitrogen and oxygen atoms in total. The van der Waals surface area contributed by atoms with Gasteiger partial charge in [-0.25, -0.2) is 4.79 Å². The third kappa shape index (κ3) is 4.64. The largest absolute Gasteiger partial charge is 0.391 e. The molecular weight excluding hydrogens is 258 g/mol. The van der Waals surface area contributed by atoms with Gasteiger partial charge in [0.1, 0.15) is 0 Å². The molecule has 0 spiro atoms. The van der Waals surface area contributed by atoms with E-state index in [1.807, 2.05) is 0 Å². The molecule has 0 bridgehead atoms. The molecule has 110 valence electrons. The quantitative estimate of drug-likeness (QED) is 0.519. The average Bonchev–Trinajstić information content (AvgIpc) is 2.39. The van der Waals surface area contributed by atoms with Crippen LogP contribution >= 0.6 is 12.2 Å². The van der Waals surface area contributed by atoms with Crippen LogP contribution < -0.4 is 16.4 Å². The van der Waals surface area contributed by atoms with Crippen LogP contribution in [-0.4, -0.2) is 23.1 Å². The maximum absolute atomic E-state index is 11.9. The molecular formula is C14H27N3OS. The predicted octanol–water partition coefficient (Wildman–Crippen LogP) is 2.71. The van der Waals surface area contributed by atoms with Gasteiger partial charge in [0, 0.05) is 6.54 Å². The fourth-order valence-corrected chi connectivity index (χ4v) is 2.91. The van der Waals surface area contributed by atoms with Crippen molar-refractivity contribution in [3.63, 3.8) is 0 Å². The molecule has 0 aromatic rings. The summed E-state index contributed by atoms with van der Waals surface area (Å²) < 4.78 is 0. The SMILES string of the molecule is CCCCNC(=O)NC1(C(N)=S)CCC(CC)CC1. The number of nitrogens with two attached hydrogens (primary N) is 1. The van der Waals surface area contributed by atoms with E-state index >= 15 is 0 Å². The van der Waals surface area contributed by atoms with Gasteiger partial charge in [-0.1, -0.05) is 38.9 Å². The number of carbonyl (C=O) groups is 1. The Balaban J connectivity index is 2.53. The van der Waals surface area contributed by atoms with Crippen LogP contribution in [0, 0.1) is 5.92 Å². The summed E-state index contributed by atoms with van der Waals surface area (Å²) in [4.78, 5) is 12.3. The highest BCUT2D eigenvalue weighted by atomic mass is 32.1. The Morgan fingerprint density at radius 3 is 2.47 bits per heavy atom. The first-order valence-corrected chi connectivity index (χ1v) is 7.80. The second kappa shape index (κ2) is 7.68. The van der Waals surface area contributed by atoms with Crippen LogP contribution in [0.15, 0.2) is 0 Å². The Labute approximate surface area is 121 Å². The third-order valence-corrected chi connectivity index (χ3v) is 4.57. The van der Waals surface area contributed by atoms with Gasteiger partial charge in [0.05, 0.1) is 10.5 Å². The van der Waals surface area contributed by atoms with Gasteiger partial charge in [0.15, 0.2) is 0 Å². The smallest absolute Gasteiger partial charge is 0.315 e. The van der Waals surface area contributed by atoms with E-state index in [1.54, 1.807) is 0 Å². The van der Waals surface area contributed by atoms with Gasteiger partial charge in [-0.15, -0.1) is 0 Å². The van der Waals surface area contributed by atoms with E-state index < -0.39 is 5.54 Å². The molecule has 0 aromatic heterocycles. The van der Waals surface area contributed by atoms with Gasteiger partial charge in [-0.05, 0) is 38.0 Å². The molecule has 0 aliphatic heterocycles. The van der Waals surface area contributed by atoms with Crippen LogP contribution in [-0.2, 0) is 0 Å². The van der Waals surface area contributed by atoms with Crippen molar-refractivity contribution >= 4 is 23.2 Å². The van der Waals surface area contributed by atoms with Gasteiger partial charge in [0.25, 0.3) is 0 Å². The van der Waals surface area contributed by atoms with E-state index in [9.17, 15) is 4.79 Å². The van der Waals surface area contributed by atoms with E-state index in [-0.39, 0.29) is 6.03 Å². The number of carbonyl (C=O) groups excluding carboxylic acids is 1. The Hall–Kier alpha value is -0.840. The summed E-state index contributed by atoms with van der Waals surface area (Å²) in [7, 11) is 0. The lowest BCUT2D eigenvalue weighted by Gasteiger charge is -2.39. The topological polar surface area (TPSA) is 67.2 Å². The monoisotopic (exact) mass is 285 g/mol. The van der Waals surface area contributed by atoms with Crippen molar-refractivity contribution < 1.29 is 4.79 Å². The van der Waals surface area contributed by atoms with Crippen molar-refractivity contribution in [3.05, 3.63) is 0 Å². The summed E-state index contributed by atoms with van der Waals surface area (Å²) in [6.45, 7) is 5.01. The maximum Gasteiger partial charge on any atom is 0.315 e. The summed E-state index contributed by atoms with van der Waals surface area (Å²) >= 11 is 5.19. The number of unbranched alkanes of at least 4 members (excludes halogenated alkanes) is 1. The van der Waals surface area contributed by atoms with Crippen molar-refractivity contribution in [2.45, 2.75) is 64.3 Å². The number of rotatable bonds is 6. The summed E-state index contributed by atoms with van der Waals surface area (Å²) in [5, 5.41) is 5.89. The molecule has 19 heavy (non-hydrogen) atoms. The second-order valence-corrected chi connectivity index (χ2v) is 5.97. The zero-order chi connectivity index (χ0) is 14.3. The van der Waals surface area contributed by atoms with Crippen molar-refractivity contribution in [2.75, 3.05) is 6.54 Å². The van der Waals surface area contributed by atoms with Crippen molar-refractivity contribution in [1.29, 1.82) is 0 Å². The molecule has 0 aromatic carbocycles. The minimum Gasteiger partial charge on any atom is -0.391 e. The number of urea groups is 1. The van der Waals surface area contributed by atoms with Crippen molar-refractivity contribution in [1.82, 2.24) is 10.6 Å². The van der Waals surface area contributed by atoms with Crippen LogP contribution in [0.25, 0.3) is 0 Å². The maximum atomic E-state index is 11.9. The molecule has 2 amide bonds. The lowest BCUT2D eigenvalue weighted by molar-refractivity contribution is 0.212. The van der Waals surface area contributed by atoms with Gasteiger partial charge >= 0.3 is 6.03 Å². The molecule has 0 unspecified atom stereocenters. The van der Waals surface area contributed by atoms with Gasteiger partial charge in [-0.2, -0.15) is 0 Å². The summed E-state index contributed by atoms with van der Waals surface area (Å²) in [6.07, 6.45) is 7.15. The Kier molecular flexibility index (Phi) is 6.55. The Morgan fingerprint density at radius 2 is 2.00 bits per heavy atom. The van der Waals surface area contributed by atoms with E-state index in [2.05, 4.69) is 24.5 Å². The molecule has 0 radical (unpaired) electrons. The van der Waals surface area contributed by atoms with Gasteiger partial charge in [0.2, 0.25) is 0 Å². The summed E-state index contributed by atoms with van der Waals surface area (Å²) in [5.74, 6) is 0.743. The first kappa shape index (κ1) is 16.2. The molecule has 1 rings (SSSR count). The minimum atomic E-state index is -0.475. The minimum absolute atomic E-state index is 0.142. The van der Waals surface area contributed by atoms with Crippen LogP contribution in [0.4, 0.5) is 4.79 Å². The molecule has 0 atom stereocenters. The highest BCUT2D eigenvalue weighted by Crippen LogP contribution is 2.34. The number of amides is 2. The lowest BCUT2D eigenvalue weighted by Crippen LogP contribution is -2.60. The molecule has 0 saturated heterocycles. The first-order valence-electron chi connectivity index (χ1n) is 7.40. The number of thiocarbonyl (C=S) groups is 1. The molecule has 0 heterocycles. The van der Waals surface area contributed by atoms with Crippen molar-refractivity contribution in [3.8, 4) is 0 Å². The van der Waals surface area contributed by atoms with Crippen molar-refractivity contribution in [2.24, 2.45) is 11.7 Å². The Bertz CT molecular complexity index is 312. The Morgan fingerprint density at radius 1 is 1.37 bits per heavy atom. The van der Waals surface area contributed by atoms with Gasteiger partial charge < -0.3 is 16.4 Å². The second-order valence-electron chi connectivity index (χ2n) is 5.53. The van der Waals surface area contributed by atoms with Crippen LogP contribution in [0.3, 0.4) is 0 Å². The number of hydrogen-bond acceptors (Lipinski definition) is 2. The highest BCUT2D eigenvalue weighted by Gasteiger charge is 2.38. The fraction of sp³-hybridized carbons (Fsp3) is 0.857. The van der Waals surface area contributed by atoms with Crippen LogP contribution in [0.5, 0.6) is 0 Å². The van der Waals surface area contributed by atoms with Crippen LogP contribution in [0.2, 0.25) is 0 Å². The first-order chi connectivity index (χ1) is 9.04. The van der Waals surface area contributed by atoms with E-state index in [4.69, 9.17) is 18.0 Å². The lowest BCUT2D eigenvalue weighted by atomic mass is 9.75. The molecule has 4 N–H and O–H groups in total. The molecule has 1 saturated carbocycles. The zero-order valence-electron chi connectivity index (χ0n) is 12.1. The fourth-order valence-electron chi connectivity index (χ4n) is 2.65. The number of nitrogens with one attached hydrogen (secondary N) is 2. The zero-order valence-corrected chi connectivity index (χ0v) is 12.9. The van der Waals surface area contributed by atoms with E-state index in [0.29, 0.717) is 11.5 Å². The van der Waals surface area contributed by atoms with Gasteiger partial charge in [-0.3, -0.25) is 0 Å². The predicted molar refractivity (Wildman–Crippen MR) is 83.2 cm³/mol. The normalized spacial score (nSPS) is 26.7. The highest BCUT2D eigenvalue weighted by molar-refractivity contribution is 7.80. The molecule has 1 fully saturated rings. The number of hydrogen-bond donors (Lipinski definition) is 3. The summed E-state index contributed by atoms with van der Waals surface area (Å²) in [5.41, 5.74) is 5.41. The van der Waals surface area contributed by atoms with Crippen LogP contribution in [0.1, 0.15) is 58.8 Å². The average molecular weight is 285 g/mol. The third-order valence-electron chi connectivity index (χ3n) is 4.18. The van der Waals surface area contributed by atoms with E-state index in [0.717, 1.165) is 44.4 Å².